The molecular weight excluding hydrogens is 735 g/mol. The third kappa shape index (κ3) is 9.30. The predicted octanol–water partition coefficient (Wildman–Crippen LogP) is 3.78. The highest BCUT2D eigenvalue weighted by molar-refractivity contribution is 7.89. The second-order valence-corrected chi connectivity index (χ2v) is 20.5. The Hall–Kier alpha value is -3.85. The van der Waals surface area contributed by atoms with Gasteiger partial charge in [-0.15, -0.1) is 6.58 Å². The number of sulfonamides is 1. The van der Waals surface area contributed by atoms with Gasteiger partial charge in [0.2, 0.25) is 17.6 Å². The van der Waals surface area contributed by atoms with Crippen molar-refractivity contribution in [2.24, 2.45) is 34.0 Å². The number of likely N-dealkylation sites (tertiary alicyclic amines) is 1. The van der Waals surface area contributed by atoms with Crippen molar-refractivity contribution in [2.45, 2.75) is 129 Å². The van der Waals surface area contributed by atoms with Crippen molar-refractivity contribution in [1.82, 2.24) is 35.5 Å². The largest absolute Gasteiger partial charge is 0.346 e. The summed E-state index contributed by atoms with van der Waals surface area (Å²) < 4.78 is 27.9. The number of pyridine rings is 1. The second-order valence-electron chi connectivity index (χ2n) is 18.5. The average molecular weight is 798 g/mol. The molecule has 4 aliphatic rings. The zero-order valence-corrected chi connectivity index (χ0v) is 35.0. The quantitative estimate of drug-likeness (QED) is 0.144. The molecule has 310 valence electrons. The maximum absolute atomic E-state index is 15.0. The van der Waals surface area contributed by atoms with Crippen LogP contribution in [0.15, 0.2) is 42.1 Å². The molecule has 3 aliphatic carbocycles. The van der Waals surface area contributed by atoms with Gasteiger partial charge in [0.1, 0.15) is 12.1 Å². The van der Waals surface area contributed by atoms with Crippen molar-refractivity contribution < 1.29 is 32.4 Å². The molecule has 4 N–H and O–H groups in total. The number of urea groups is 1. The molecule has 0 spiro atoms. The van der Waals surface area contributed by atoms with Crippen LogP contribution >= 0.6 is 0 Å². The van der Waals surface area contributed by atoms with Gasteiger partial charge in [-0.05, 0) is 65.4 Å². The van der Waals surface area contributed by atoms with Crippen LogP contribution in [0.2, 0.25) is 0 Å². The third-order valence-electron chi connectivity index (χ3n) is 13.1. The molecule has 15 heteroatoms. The second kappa shape index (κ2) is 16.9. The Morgan fingerprint density at radius 2 is 1.70 bits per heavy atom. The fourth-order valence-electron chi connectivity index (χ4n) is 9.00. The van der Waals surface area contributed by atoms with Gasteiger partial charge >= 0.3 is 6.03 Å². The summed E-state index contributed by atoms with van der Waals surface area (Å²) in [5, 5.41) is 11.4. The van der Waals surface area contributed by atoms with E-state index in [1.165, 1.54) is 29.7 Å². The Balaban J connectivity index is 1.38. The van der Waals surface area contributed by atoms with Crippen LogP contribution in [0.1, 0.15) is 99.3 Å². The number of rotatable bonds is 16. The maximum Gasteiger partial charge on any atom is 0.315 e. The van der Waals surface area contributed by atoms with E-state index in [4.69, 9.17) is 0 Å². The first kappa shape index (κ1) is 43.3. The lowest BCUT2D eigenvalue weighted by Crippen LogP contribution is -2.63. The minimum absolute atomic E-state index is 0.0503. The zero-order valence-electron chi connectivity index (χ0n) is 34.2. The van der Waals surface area contributed by atoms with E-state index in [2.05, 4.69) is 46.7 Å². The summed E-state index contributed by atoms with van der Waals surface area (Å²) in [7, 11) is -2.51. The van der Waals surface area contributed by atoms with Crippen molar-refractivity contribution >= 4 is 39.6 Å². The van der Waals surface area contributed by atoms with Gasteiger partial charge in [0.15, 0.2) is 5.03 Å². The number of hydrogen-bond acceptors (Lipinski definition) is 8. The number of nitrogens with zero attached hydrogens (tertiary/aromatic N) is 3. The van der Waals surface area contributed by atoms with Crippen LogP contribution in [0.5, 0.6) is 0 Å². The average Bonchev–Trinajstić information content (AvgIpc) is 3.42. The summed E-state index contributed by atoms with van der Waals surface area (Å²) in [5.41, 5.74) is -1.41. The van der Waals surface area contributed by atoms with Crippen LogP contribution in [0, 0.1) is 34.0 Å². The minimum Gasteiger partial charge on any atom is -0.346 e. The minimum atomic E-state index is -3.95. The summed E-state index contributed by atoms with van der Waals surface area (Å²) in [5.74, 6) is -2.22. The summed E-state index contributed by atoms with van der Waals surface area (Å²) in [6, 6.07) is 0.488. The van der Waals surface area contributed by atoms with Crippen molar-refractivity contribution in [3.63, 3.8) is 0 Å². The lowest BCUT2D eigenvalue weighted by molar-refractivity contribution is -0.146. The highest BCUT2D eigenvalue weighted by atomic mass is 32.2. The van der Waals surface area contributed by atoms with E-state index < -0.39 is 68.6 Å². The van der Waals surface area contributed by atoms with E-state index >= 15 is 0 Å². The van der Waals surface area contributed by atoms with Gasteiger partial charge in [-0.1, -0.05) is 92.2 Å². The van der Waals surface area contributed by atoms with Crippen molar-refractivity contribution in [3.8, 4) is 0 Å². The van der Waals surface area contributed by atoms with Crippen LogP contribution in [0.25, 0.3) is 0 Å². The van der Waals surface area contributed by atoms with E-state index in [1.807, 2.05) is 27.7 Å². The molecule has 6 atom stereocenters. The number of amides is 5. The summed E-state index contributed by atoms with van der Waals surface area (Å²) in [4.78, 5) is 75.3. The number of carbonyl (C=O) groups excluding carboxylic acids is 5. The summed E-state index contributed by atoms with van der Waals surface area (Å²) >= 11 is 0. The summed E-state index contributed by atoms with van der Waals surface area (Å²) in [6.07, 6.45) is 10.3. The number of ketones is 1. The van der Waals surface area contributed by atoms with Crippen LogP contribution in [0.4, 0.5) is 4.79 Å². The molecule has 5 rings (SSSR count). The number of hydrogen-bond donors (Lipinski definition) is 4. The molecule has 2 heterocycles. The van der Waals surface area contributed by atoms with Gasteiger partial charge < -0.3 is 26.2 Å². The molecular formula is C41H63N7O7S. The smallest absolute Gasteiger partial charge is 0.315 e. The number of likely N-dealkylation sites (N-methyl/N-ethyl adjacent to an activating group) is 1. The first-order valence-electron chi connectivity index (χ1n) is 20.2. The van der Waals surface area contributed by atoms with E-state index in [0.717, 1.165) is 38.5 Å². The van der Waals surface area contributed by atoms with Gasteiger partial charge in [0.05, 0.1) is 6.04 Å². The molecule has 3 saturated carbocycles. The number of piperidine rings is 1. The van der Waals surface area contributed by atoms with Gasteiger partial charge in [0, 0.05) is 38.9 Å². The Kier molecular flexibility index (Phi) is 13.1. The Bertz CT molecular complexity index is 1750. The molecule has 1 aliphatic heterocycles. The van der Waals surface area contributed by atoms with Crippen LogP contribution < -0.4 is 21.3 Å². The maximum atomic E-state index is 15.0. The molecule has 0 radical (unpaired) electrons. The van der Waals surface area contributed by atoms with E-state index in [-0.39, 0.29) is 47.2 Å². The molecule has 5 amide bonds. The molecule has 1 aromatic heterocycles. The van der Waals surface area contributed by atoms with E-state index in [9.17, 15) is 32.4 Å². The normalized spacial score (nSPS) is 24.4. The van der Waals surface area contributed by atoms with Crippen molar-refractivity contribution in [3.05, 3.63) is 37.1 Å². The molecule has 1 aromatic rings. The van der Waals surface area contributed by atoms with Crippen LogP contribution in [-0.2, 0) is 29.2 Å². The first-order valence-corrected chi connectivity index (χ1v) is 21.6. The van der Waals surface area contributed by atoms with Crippen molar-refractivity contribution in [2.75, 3.05) is 26.7 Å². The number of fused-ring (bicyclic) bond motifs is 1. The Labute approximate surface area is 332 Å². The highest BCUT2D eigenvalue weighted by Crippen LogP contribution is 2.65. The molecule has 0 aromatic carbocycles. The lowest BCUT2D eigenvalue weighted by atomic mass is 9.70. The number of Topliss-reactive ketones (excluding diaryl/α,β-unsaturated/α-hetero) is 1. The fraction of sp³-hybridized carbons (Fsp3) is 0.707. The monoisotopic (exact) mass is 797 g/mol. The SMILES string of the molecule is C=CCNC(=O)C(=O)C(CC1CCC1)NC(=O)[C@@H]1[C@@H]2[C@H](CN1C(=O)[C@@H](NC(=O)N[C@H](CN(C)S(=O)(=O)c1ccccn1)C(C)(C)C)C1(C)CCCCC1)C2(C)C. The van der Waals surface area contributed by atoms with E-state index in [1.54, 1.807) is 17.0 Å². The molecule has 1 saturated heterocycles. The molecule has 56 heavy (non-hydrogen) atoms. The van der Waals surface area contributed by atoms with Crippen molar-refractivity contribution in [1.29, 1.82) is 0 Å². The fourth-order valence-corrected chi connectivity index (χ4v) is 10.1. The first-order chi connectivity index (χ1) is 26.2. The van der Waals surface area contributed by atoms with Gasteiger partial charge in [0.25, 0.3) is 15.9 Å². The van der Waals surface area contributed by atoms with Gasteiger partial charge in [-0.3, -0.25) is 19.2 Å². The standard InChI is InChI=1S/C41H63N7O7S/c1-9-21-43-36(51)33(49)28(23-26-16-15-17-26)44-35(50)32-31-27(40(31,5)6)24-48(32)37(52)34(41(7)19-12-10-13-20-41)46-38(53)45-29(39(2,3)4)25-47(8)56(54,55)30-18-11-14-22-42-30/h9,11,14,18,22,26-29,31-32,34H,1,10,12-13,15-17,19-21,23-25H2,2-8H3,(H,43,51)(H,44,50)(H2,45,46,53)/t27-,28?,29+,31-,32-,34+/m0/s1. The predicted molar refractivity (Wildman–Crippen MR) is 212 cm³/mol. The number of carbonyl (C=O) groups is 5. The lowest BCUT2D eigenvalue weighted by Gasteiger charge is -2.43. The Morgan fingerprint density at radius 3 is 2.27 bits per heavy atom. The number of aromatic nitrogens is 1. The highest BCUT2D eigenvalue weighted by Gasteiger charge is 2.70. The van der Waals surface area contributed by atoms with Crippen LogP contribution in [0.3, 0.4) is 0 Å². The third-order valence-corrected chi connectivity index (χ3v) is 14.9. The van der Waals surface area contributed by atoms with E-state index in [0.29, 0.717) is 25.8 Å². The van der Waals surface area contributed by atoms with Gasteiger partial charge in [-0.25, -0.2) is 18.2 Å². The summed E-state index contributed by atoms with van der Waals surface area (Å²) in [6.45, 7) is 15.9. The molecule has 4 fully saturated rings. The topological polar surface area (TPSA) is 187 Å². The zero-order chi connectivity index (χ0) is 41.2. The Morgan fingerprint density at radius 1 is 1.02 bits per heavy atom. The van der Waals surface area contributed by atoms with Crippen LogP contribution in [-0.4, -0.2) is 103 Å². The number of nitrogens with one attached hydrogen (secondary N) is 4. The van der Waals surface area contributed by atoms with Gasteiger partial charge in [-0.2, -0.15) is 4.31 Å². The molecule has 1 unspecified atom stereocenters. The molecule has 14 nitrogen and oxygen atoms in total. The molecule has 0 bridgehead atoms.